The standard InChI is InChI=1S/C36H22N4/c37-23-24-19-26(21-27(20-24)39-32-13-5-1-9-28(32)29-10-2-6-14-33(29)39)25-17-18-38-36(22-25)40-34-15-7-3-11-30(34)31-12-4-8-16-35(31)40/h1-22H. The lowest BCUT2D eigenvalue weighted by molar-refractivity contribution is 1.08. The van der Waals surface area contributed by atoms with E-state index in [0.717, 1.165) is 44.7 Å². The summed E-state index contributed by atoms with van der Waals surface area (Å²) in [7, 11) is 0. The molecule has 0 aliphatic rings. The normalized spacial score (nSPS) is 11.5. The molecule has 0 unspecified atom stereocenters. The summed E-state index contributed by atoms with van der Waals surface area (Å²) in [6.45, 7) is 0. The van der Waals surface area contributed by atoms with E-state index in [9.17, 15) is 5.26 Å². The van der Waals surface area contributed by atoms with E-state index in [1.807, 2.05) is 24.4 Å². The van der Waals surface area contributed by atoms with Gasteiger partial charge in [-0.15, -0.1) is 0 Å². The predicted molar refractivity (Wildman–Crippen MR) is 163 cm³/mol. The first kappa shape index (κ1) is 22.3. The van der Waals surface area contributed by atoms with Gasteiger partial charge in [0, 0.05) is 33.4 Å². The Hall–Kier alpha value is -5.66. The third-order valence-corrected chi connectivity index (χ3v) is 7.77. The summed E-state index contributed by atoms with van der Waals surface area (Å²) in [4.78, 5) is 4.80. The number of aromatic nitrogens is 3. The van der Waals surface area contributed by atoms with E-state index in [-0.39, 0.29) is 0 Å². The molecule has 8 aromatic rings. The number of pyridine rings is 1. The highest BCUT2D eigenvalue weighted by atomic mass is 15.1. The number of hydrogen-bond donors (Lipinski definition) is 0. The number of nitriles is 1. The van der Waals surface area contributed by atoms with Crippen molar-refractivity contribution >= 4 is 43.6 Å². The third kappa shape index (κ3) is 3.28. The second kappa shape index (κ2) is 8.69. The van der Waals surface area contributed by atoms with Crippen molar-refractivity contribution < 1.29 is 0 Å². The molecular formula is C36H22N4. The van der Waals surface area contributed by atoms with Crippen LogP contribution in [0.1, 0.15) is 5.56 Å². The zero-order chi connectivity index (χ0) is 26.6. The van der Waals surface area contributed by atoms with Gasteiger partial charge in [0.25, 0.3) is 0 Å². The van der Waals surface area contributed by atoms with Crippen LogP contribution in [-0.4, -0.2) is 14.1 Å². The lowest BCUT2D eigenvalue weighted by Crippen LogP contribution is -1.98. The number of para-hydroxylation sites is 4. The van der Waals surface area contributed by atoms with Crippen LogP contribution in [0.3, 0.4) is 0 Å². The van der Waals surface area contributed by atoms with Crippen molar-refractivity contribution in [2.24, 2.45) is 0 Å². The number of rotatable bonds is 3. The molecule has 0 N–H and O–H groups in total. The van der Waals surface area contributed by atoms with E-state index in [0.29, 0.717) is 5.56 Å². The molecule has 0 saturated carbocycles. The Labute approximate surface area is 230 Å². The summed E-state index contributed by atoms with van der Waals surface area (Å²) in [5.41, 5.74) is 8.02. The summed E-state index contributed by atoms with van der Waals surface area (Å²) < 4.78 is 4.47. The monoisotopic (exact) mass is 510 g/mol. The summed E-state index contributed by atoms with van der Waals surface area (Å²) in [6, 6.07) is 46.4. The van der Waals surface area contributed by atoms with Crippen LogP contribution in [0.2, 0.25) is 0 Å². The van der Waals surface area contributed by atoms with Crippen LogP contribution in [-0.2, 0) is 0 Å². The maximum Gasteiger partial charge on any atom is 0.138 e. The van der Waals surface area contributed by atoms with Gasteiger partial charge in [0.05, 0.1) is 33.7 Å². The Kier molecular flexibility index (Phi) is 4.85. The highest BCUT2D eigenvalue weighted by Crippen LogP contribution is 2.35. The molecule has 4 nitrogen and oxygen atoms in total. The van der Waals surface area contributed by atoms with Gasteiger partial charge in [-0.05, 0) is 65.7 Å². The summed E-state index contributed by atoms with van der Waals surface area (Å²) in [5.74, 6) is 0.843. The topological polar surface area (TPSA) is 46.5 Å². The number of nitrogens with zero attached hydrogens (tertiary/aromatic N) is 4. The molecule has 0 saturated heterocycles. The highest BCUT2D eigenvalue weighted by Gasteiger charge is 2.15. The Bertz CT molecular complexity index is 2190. The van der Waals surface area contributed by atoms with Gasteiger partial charge in [-0.3, -0.25) is 4.57 Å². The van der Waals surface area contributed by atoms with E-state index in [1.165, 1.54) is 21.5 Å². The second-order valence-electron chi connectivity index (χ2n) is 10.0. The van der Waals surface area contributed by atoms with Gasteiger partial charge < -0.3 is 4.57 Å². The molecule has 4 heteroatoms. The van der Waals surface area contributed by atoms with Gasteiger partial charge in [0.1, 0.15) is 5.82 Å². The van der Waals surface area contributed by atoms with Gasteiger partial charge in [-0.2, -0.15) is 5.26 Å². The molecular weight excluding hydrogens is 488 g/mol. The van der Waals surface area contributed by atoms with Crippen molar-refractivity contribution in [1.29, 1.82) is 5.26 Å². The molecule has 5 aromatic carbocycles. The molecule has 0 fully saturated rings. The number of fused-ring (bicyclic) bond motifs is 6. The lowest BCUT2D eigenvalue weighted by Gasteiger charge is -2.13. The predicted octanol–water partition coefficient (Wildman–Crippen LogP) is 8.81. The number of hydrogen-bond acceptors (Lipinski definition) is 2. The van der Waals surface area contributed by atoms with Crippen LogP contribution in [0.5, 0.6) is 0 Å². The van der Waals surface area contributed by atoms with E-state index >= 15 is 0 Å². The zero-order valence-corrected chi connectivity index (χ0v) is 21.5. The first-order valence-corrected chi connectivity index (χ1v) is 13.3. The maximum atomic E-state index is 10.0. The lowest BCUT2D eigenvalue weighted by atomic mass is 10.0. The Morgan fingerprint density at radius 1 is 0.500 bits per heavy atom. The van der Waals surface area contributed by atoms with Crippen LogP contribution in [0.4, 0.5) is 0 Å². The largest absolute Gasteiger partial charge is 0.309 e. The van der Waals surface area contributed by atoms with Crippen LogP contribution < -0.4 is 0 Å². The van der Waals surface area contributed by atoms with Crippen LogP contribution in [0, 0.1) is 11.3 Å². The highest BCUT2D eigenvalue weighted by molar-refractivity contribution is 6.10. The number of benzene rings is 5. The van der Waals surface area contributed by atoms with Crippen molar-refractivity contribution in [3.8, 4) is 28.7 Å². The van der Waals surface area contributed by atoms with E-state index in [2.05, 4.69) is 124 Å². The van der Waals surface area contributed by atoms with Crippen LogP contribution >= 0.6 is 0 Å². The quantitative estimate of drug-likeness (QED) is 0.238. The van der Waals surface area contributed by atoms with Crippen molar-refractivity contribution in [3.63, 3.8) is 0 Å². The molecule has 8 rings (SSSR count). The van der Waals surface area contributed by atoms with Crippen molar-refractivity contribution in [2.75, 3.05) is 0 Å². The molecule has 3 aromatic heterocycles. The molecule has 40 heavy (non-hydrogen) atoms. The van der Waals surface area contributed by atoms with E-state index < -0.39 is 0 Å². The summed E-state index contributed by atoms with van der Waals surface area (Å²) >= 11 is 0. The van der Waals surface area contributed by atoms with Gasteiger partial charge in [-0.1, -0.05) is 72.8 Å². The first-order valence-electron chi connectivity index (χ1n) is 13.3. The molecule has 186 valence electrons. The molecule has 0 atom stereocenters. The molecule has 0 aliphatic carbocycles. The SMILES string of the molecule is N#Cc1cc(-c2ccnc(-n3c4ccccc4c4ccccc43)c2)cc(-n2c3ccccc3c3ccccc32)c1. The molecule has 0 radical (unpaired) electrons. The summed E-state index contributed by atoms with van der Waals surface area (Å²) in [5, 5.41) is 14.8. The van der Waals surface area contributed by atoms with Gasteiger partial charge in [0.2, 0.25) is 0 Å². The minimum Gasteiger partial charge on any atom is -0.309 e. The van der Waals surface area contributed by atoms with Crippen molar-refractivity contribution in [3.05, 3.63) is 139 Å². The van der Waals surface area contributed by atoms with E-state index in [4.69, 9.17) is 4.98 Å². The van der Waals surface area contributed by atoms with E-state index in [1.54, 1.807) is 0 Å². The molecule has 0 aliphatic heterocycles. The van der Waals surface area contributed by atoms with Crippen molar-refractivity contribution in [1.82, 2.24) is 14.1 Å². The minimum absolute atomic E-state index is 0.615. The Morgan fingerprint density at radius 2 is 1.00 bits per heavy atom. The van der Waals surface area contributed by atoms with Crippen molar-refractivity contribution in [2.45, 2.75) is 0 Å². The zero-order valence-electron chi connectivity index (χ0n) is 21.5. The molecule has 0 bridgehead atoms. The fourth-order valence-corrected chi connectivity index (χ4v) is 6.06. The average molecular weight is 511 g/mol. The smallest absolute Gasteiger partial charge is 0.138 e. The molecule has 0 spiro atoms. The minimum atomic E-state index is 0.615. The van der Waals surface area contributed by atoms with Crippen LogP contribution in [0.25, 0.3) is 66.2 Å². The Morgan fingerprint density at radius 3 is 1.52 bits per heavy atom. The van der Waals surface area contributed by atoms with Crippen LogP contribution in [0.15, 0.2) is 134 Å². The fourth-order valence-electron chi connectivity index (χ4n) is 6.06. The fraction of sp³-hybridized carbons (Fsp3) is 0. The van der Waals surface area contributed by atoms with Gasteiger partial charge in [-0.25, -0.2) is 4.98 Å². The molecule has 3 heterocycles. The Balaban J connectivity index is 1.36. The maximum absolute atomic E-state index is 10.0. The second-order valence-corrected chi connectivity index (χ2v) is 10.0. The van der Waals surface area contributed by atoms with Gasteiger partial charge in [0.15, 0.2) is 0 Å². The summed E-state index contributed by atoms with van der Waals surface area (Å²) in [6.07, 6.45) is 1.85. The molecule has 0 amide bonds. The average Bonchev–Trinajstić information content (AvgIpc) is 3.54. The van der Waals surface area contributed by atoms with Gasteiger partial charge >= 0.3 is 0 Å². The third-order valence-electron chi connectivity index (χ3n) is 7.77. The first-order chi connectivity index (χ1) is 19.8.